The summed E-state index contributed by atoms with van der Waals surface area (Å²) in [6.45, 7) is 7.13. The van der Waals surface area contributed by atoms with Gasteiger partial charge in [-0.25, -0.2) is 4.79 Å². The molecule has 4 rings (SSSR count). The molecule has 4 N–H and O–H groups in total. The number of anilines is 2. The number of aryl methyl sites for hydroxylation is 2. The van der Waals surface area contributed by atoms with E-state index in [9.17, 15) is 14.7 Å². The number of aromatic hydroxyl groups is 1. The molecule has 0 fully saturated rings. The number of ether oxygens (including phenoxy) is 1. The van der Waals surface area contributed by atoms with Gasteiger partial charge in [0.25, 0.3) is 5.91 Å². The lowest BCUT2D eigenvalue weighted by atomic mass is 10.0. The highest BCUT2D eigenvalue weighted by atomic mass is 16.5. The van der Waals surface area contributed by atoms with Crippen LogP contribution in [0.25, 0.3) is 11.3 Å². The molecule has 1 amide bonds. The topological polar surface area (TPSA) is 129 Å². The van der Waals surface area contributed by atoms with Gasteiger partial charge in [-0.2, -0.15) is 5.10 Å². The van der Waals surface area contributed by atoms with Crippen LogP contribution in [0.3, 0.4) is 0 Å². The lowest BCUT2D eigenvalue weighted by Gasteiger charge is -2.13. The van der Waals surface area contributed by atoms with E-state index < -0.39 is 11.9 Å². The monoisotopic (exact) mass is 515 g/mol. The summed E-state index contributed by atoms with van der Waals surface area (Å²) in [5, 5.41) is 26.2. The van der Waals surface area contributed by atoms with E-state index in [4.69, 9.17) is 10.1 Å². The number of hydrogen-bond donors (Lipinski definition) is 4. The van der Waals surface area contributed by atoms with E-state index in [1.54, 1.807) is 25.1 Å². The molecular formula is C29H33N5O4. The Hall–Kier alpha value is -4.40. The van der Waals surface area contributed by atoms with Crippen molar-refractivity contribution in [1.82, 2.24) is 4.57 Å². The highest BCUT2D eigenvalue weighted by Gasteiger charge is 2.25. The maximum atomic E-state index is 13.0. The van der Waals surface area contributed by atoms with Crippen LogP contribution in [0.1, 0.15) is 53.0 Å². The van der Waals surface area contributed by atoms with E-state index >= 15 is 0 Å². The molecule has 198 valence electrons. The van der Waals surface area contributed by atoms with Crippen molar-refractivity contribution in [2.75, 3.05) is 17.3 Å². The number of esters is 1. The minimum Gasteiger partial charge on any atom is -0.505 e. The van der Waals surface area contributed by atoms with Crippen LogP contribution >= 0.6 is 0 Å². The number of fused-ring (bicyclic) bond motifs is 1. The standard InChI is InChI=1S/C29H33N5O4/c1-6-38-29(37)24-16(2)26(34(5)18(24)4)22-11-8-12-23(27(22)35)32-33-25(17(3)30)28(36)31-21-14-13-19-9-7-10-20(19)15-21/h8,11-15,30,32,35H,6-7,9-10H2,1-5H3,(H,31,36)/b30-17?,33-25-. The Kier molecular flexibility index (Phi) is 7.66. The molecule has 0 unspecified atom stereocenters. The van der Waals surface area contributed by atoms with Gasteiger partial charge in [0.05, 0.1) is 29.3 Å². The number of nitrogens with one attached hydrogen (secondary N) is 3. The van der Waals surface area contributed by atoms with Gasteiger partial charge < -0.3 is 25.1 Å². The summed E-state index contributed by atoms with van der Waals surface area (Å²) in [6, 6.07) is 10.9. The van der Waals surface area contributed by atoms with Gasteiger partial charge >= 0.3 is 5.97 Å². The molecule has 2 aromatic carbocycles. The third kappa shape index (κ3) is 5.04. The Labute approximate surface area is 222 Å². The molecule has 0 bridgehead atoms. The maximum Gasteiger partial charge on any atom is 0.340 e. The molecule has 3 aromatic rings. The third-order valence-electron chi connectivity index (χ3n) is 6.92. The molecule has 0 spiro atoms. The molecule has 9 heteroatoms. The largest absolute Gasteiger partial charge is 0.505 e. The fourth-order valence-corrected chi connectivity index (χ4v) is 4.95. The fourth-order valence-electron chi connectivity index (χ4n) is 4.95. The van der Waals surface area contributed by atoms with E-state index in [0.29, 0.717) is 28.1 Å². The Morgan fingerprint density at radius 2 is 1.89 bits per heavy atom. The van der Waals surface area contributed by atoms with Gasteiger partial charge in [-0.05, 0) is 87.9 Å². The summed E-state index contributed by atoms with van der Waals surface area (Å²) in [5.41, 5.74) is 9.07. The number of rotatable bonds is 8. The first-order valence-electron chi connectivity index (χ1n) is 12.6. The zero-order valence-corrected chi connectivity index (χ0v) is 22.4. The lowest BCUT2D eigenvalue weighted by molar-refractivity contribution is -0.110. The van der Waals surface area contributed by atoms with E-state index in [1.807, 2.05) is 43.7 Å². The van der Waals surface area contributed by atoms with Gasteiger partial charge in [0.1, 0.15) is 5.75 Å². The smallest absolute Gasteiger partial charge is 0.340 e. The molecular weight excluding hydrogens is 482 g/mol. The first-order chi connectivity index (χ1) is 18.1. The number of nitrogens with zero attached hydrogens (tertiary/aromatic N) is 2. The van der Waals surface area contributed by atoms with Crippen LogP contribution in [0, 0.1) is 19.3 Å². The minimum atomic E-state index is -0.522. The average Bonchev–Trinajstić information content (AvgIpc) is 3.42. The quantitative estimate of drug-likeness (QED) is 0.143. The normalized spacial score (nSPS) is 12.7. The van der Waals surface area contributed by atoms with E-state index in [0.717, 1.165) is 25.0 Å². The second-order valence-electron chi connectivity index (χ2n) is 9.40. The molecule has 1 aliphatic carbocycles. The number of phenols is 1. The summed E-state index contributed by atoms with van der Waals surface area (Å²) in [7, 11) is 1.82. The molecule has 0 saturated carbocycles. The van der Waals surface area contributed by atoms with Crippen LogP contribution in [0.5, 0.6) is 5.75 Å². The molecule has 1 aliphatic rings. The number of hydrogen-bond acceptors (Lipinski definition) is 7. The molecule has 0 radical (unpaired) electrons. The van der Waals surface area contributed by atoms with Crippen LogP contribution in [-0.2, 0) is 29.4 Å². The van der Waals surface area contributed by atoms with Crippen LogP contribution in [-0.4, -0.2) is 39.6 Å². The van der Waals surface area contributed by atoms with Crippen molar-refractivity contribution < 1.29 is 19.4 Å². The van der Waals surface area contributed by atoms with Gasteiger partial charge in [0.2, 0.25) is 0 Å². The molecule has 0 saturated heterocycles. The van der Waals surface area contributed by atoms with Gasteiger partial charge in [-0.15, -0.1) is 0 Å². The van der Waals surface area contributed by atoms with Crippen molar-refractivity contribution >= 4 is 34.7 Å². The first-order valence-corrected chi connectivity index (χ1v) is 12.6. The number of phenolic OH excluding ortho intramolecular Hbond substituents is 1. The predicted molar refractivity (Wildman–Crippen MR) is 149 cm³/mol. The van der Waals surface area contributed by atoms with Crippen LogP contribution in [0.2, 0.25) is 0 Å². The number of aromatic nitrogens is 1. The molecule has 1 aromatic heterocycles. The third-order valence-corrected chi connectivity index (χ3v) is 6.92. The Bertz CT molecular complexity index is 1470. The number of amides is 1. The molecule has 38 heavy (non-hydrogen) atoms. The molecule has 0 atom stereocenters. The zero-order chi connectivity index (χ0) is 27.6. The number of hydrazone groups is 1. The van der Waals surface area contributed by atoms with Crippen molar-refractivity contribution in [1.29, 1.82) is 5.41 Å². The Morgan fingerprint density at radius 1 is 1.16 bits per heavy atom. The Balaban J connectivity index is 1.62. The summed E-state index contributed by atoms with van der Waals surface area (Å²) in [4.78, 5) is 25.5. The second kappa shape index (κ2) is 10.9. The van der Waals surface area contributed by atoms with Crippen LogP contribution in [0.15, 0.2) is 41.5 Å². The van der Waals surface area contributed by atoms with Crippen molar-refractivity contribution in [2.24, 2.45) is 12.1 Å². The summed E-state index contributed by atoms with van der Waals surface area (Å²) < 4.78 is 7.05. The van der Waals surface area contributed by atoms with E-state index in [2.05, 4.69) is 15.8 Å². The highest BCUT2D eigenvalue weighted by Crippen LogP contribution is 2.39. The zero-order valence-electron chi connectivity index (χ0n) is 22.4. The highest BCUT2D eigenvalue weighted by molar-refractivity contribution is 6.67. The van der Waals surface area contributed by atoms with Gasteiger partial charge in [0, 0.05) is 24.0 Å². The molecule has 9 nitrogen and oxygen atoms in total. The Morgan fingerprint density at radius 3 is 2.61 bits per heavy atom. The number of benzene rings is 2. The van der Waals surface area contributed by atoms with Crippen LogP contribution < -0.4 is 10.7 Å². The predicted octanol–water partition coefficient (Wildman–Crippen LogP) is 5.13. The van der Waals surface area contributed by atoms with Crippen molar-refractivity contribution in [3.63, 3.8) is 0 Å². The maximum absolute atomic E-state index is 13.0. The van der Waals surface area contributed by atoms with Crippen molar-refractivity contribution in [2.45, 2.75) is 47.0 Å². The summed E-state index contributed by atoms with van der Waals surface area (Å²) >= 11 is 0. The second-order valence-corrected chi connectivity index (χ2v) is 9.40. The lowest BCUT2D eigenvalue weighted by Crippen LogP contribution is -2.29. The van der Waals surface area contributed by atoms with Crippen molar-refractivity contribution in [3.05, 3.63) is 64.3 Å². The minimum absolute atomic E-state index is 0.0280. The summed E-state index contributed by atoms with van der Waals surface area (Å²) in [6.07, 6.45) is 3.15. The molecule has 0 aliphatic heterocycles. The SMILES string of the molecule is CCOC(=O)c1c(C)c(-c2cccc(N/N=C(/C(C)=N)C(=O)Nc3ccc4c(c3)CCC4)c2O)n(C)c1C. The van der Waals surface area contributed by atoms with Crippen molar-refractivity contribution in [3.8, 4) is 17.0 Å². The number of para-hydroxylation sites is 1. The number of carbonyl (C=O) groups excluding carboxylic acids is 2. The first kappa shape index (κ1) is 26.7. The van der Waals surface area contributed by atoms with Gasteiger partial charge in [0.15, 0.2) is 5.71 Å². The van der Waals surface area contributed by atoms with Gasteiger partial charge in [-0.1, -0.05) is 12.1 Å². The molecule has 1 heterocycles. The number of carbonyl (C=O) groups is 2. The fraction of sp³-hybridized carbons (Fsp3) is 0.310. The van der Waals surface area contributed by atoms with E-state index in [-0.39, 0.29) is 29.5 Å². The van der Waals surface area contributed by atoms with Gasteiger partial charge in [-0.3, -0.25) is 10.2 Å². The summed E-state index contributed by atoms with van der Waals surface area (Å²) in [5.74, 6) is -1.04. The van der Waals surface area contributed by atoms with Crippen LogP contribution in [0.4, 0.5) is 11.4 Å². The van der Waals surface area contributed by atoms with E-state index in [1.165, 1.54) is 18.1 Å². The average molecular weight is 516 g/mol.